The monoisotopic (exact) mass is 335 g/mol. The number of aromatic nitrogens is 1. The van der Waals surface area contributed by atoms with E-state index in [-0.39, 0.29) is 11.9 Å². The van der Waals surface area contributed by atoms with Crippen molar-refractivity contribution in [1.29, 1.82) is 0 Å². The lowest BCUT2D eigenvalue weighted by Crippen LogP contribution is -2.35. The summed E-state index contributed by atoms with van der Waals surface area (Å²) < 4.78 is 0. The Morgan fingerprint density at radius 2 is 1.84 bits per heavy atom. The fraction of sp³-hybridized carbons (Fsp3) is 0.286. The van der Waals surface area contributed by atoms with Crippen LogP contribution in [0.1, 0.15) is 33.2 Å². The minimum atomic E-state index is -0.0477. The van der Waals surface area contributed by atoms with Gasteiger partial charge in [-0.1, -0.05) is 30.3 Å². The van der Waals surface area contributed by atoms with E-state index >= 15 is 0 Å². The molecule has 0 saturated heterocycles. The number of nitrogens with one attached hydrogen (secondary N) is 2. The molecule has 1 amide bonds. The standard InChI is InChI=1S/C21H25N3O/c1-14-15(2)22-19-11-10-17(12-18(14)19)21(25)23-20(13-24(3)4)16-8-6-5-7-9-16/h5-12,20,22H,13H2,1-4H3,(H,23,25). The first-order chi connectivity index (χ1) is 12.0. The first kappa shape index (κ1) is 17.2. The molecule has 0 saturated carbocycles. The lowest BCUT2D eigenvalue weighted by molar-refractivity contribution is 0.0930. The van der Waals surface area contributed by atoms with Crippen LogP contribution in [0.15, 0.2) is 48.5 Å². The van der Waals surface area contributed by atoms with Gasteiger partial charge in [0.1, 0.15) is 0 Å². The average molecular weight is 335 g/mol. The van der Waals surface area contributed by atoms with Gasteiger partial charge in [-0.15, -0.1) is 0 Å². The van der Waals surface area contributed by atoms with Crippen LogP contribution in [0.3, 0.4) is 0 Å². The highest BCUT2D eigenvalue weighted by Crippen LogP contribution is 2.23. The number of H-pyrrole nitrogens is 1. The molecule has 0 aliphatic carbocycles. The molecule has 0 aliphatic heterocycles. The summed E-state index contributed by atoms with van der Waals surface area (Å²) in [6, 6.07) is 15.9. The van der Waals surface area contributed by atoms with Gasteiger partial charge in [-0.2, -0.15) is 0 Å². The molecule has 25 heavy (non-hydrogen) atoms. The molecule has 0 bridgehead atoms. The summed E-state index contributed by atoms with van der Waals surface area (Å²) in [5, 5.41) is 4.29. The molecule has 3 rings (SSSR count). The van der Waals surface area contributed by atoms with Gasteiger partial charge in [-0.3, -0.25) is 4.79 Å². The minimum absolute atomic E-state index is 0.0455. The van der Waals surface area contributed by atoms with Crippen LogP contribution in [-0.2, 0) is 0 Å². The number of nitrogens with zero attached hydrogens (tertiary/aromatic N) is 1. The van der Waals surface area contributed by atoms with Crippen LogP contribution in [0, 0.1) is 13.8 Å². The lowest BCUT2D eigenvalue weighted by atomic mass is 10.0. The zero-order valence-electron chi connectivity index (χ0n) is 15.3. The summed E-state index contributed by atoms with van der Waals surface area (Å²) in [6.45, 7) is 4.88. The fourth-order valence-corrected chi connectivity index (χ4v) is 3.13. The highest BCUT2D eigenvalue weighted by atomic mass is 16.1. The van der Waals surface area contributed by atoms with E-state index in [2.05, 4.69) is 41.2 Å². The molecular weight excluding hydrogens is 310 g/mol. The Morgan fingerprint density at radius 1 is 1.12 bits per heavy atom. The lowest BCUT2D eigenvalue weighted by Gasteiger charge is -2.23. The molecule has 0 radical (unpaired) electrons. The predicted molar refractivity (Wildman–Crippen MR) is 103 cm³/mol. The number of carbonyl (C=O) groups excluding carboxylic acids is 1. The first-order valence-corrected chi connectivity index (χ1v) is 8.55. The van der Waals surface area contributed by atoms with E-state index < -0.39 is 0 Å². The molecule has 1 atom stereocenters. The van der Waals surface area contributed by atoms with Gasteiger partial charge in [0.2, 0.25) is 0 Å². The average Bonchev–Trinajstić information content (AvgIpc) is 2.88. The fourth-order valence-electron chi connectivity index (χ4n) is 3.13. The molecule has 4 heteroatoms. The minimum Gasteiger partial charge on any atom is -0.358 e. The smallest absolute Gasteiger partial charge is 0.251 e. The Kier molecular flexibility index (Phi) is 4.91. The van der Waals surface area contributed by atoms with Crippen molar-refractivity contribution in [3.8, 4) is 0 Å². The van der Waals surface area contributed by atoms with E-state index in [1.54, 1.807) is 0 Å². The number of fused-ring (bicyclic) bond motifs is 1. The van der Waals surface area contributed by atoms with Crippen molar-refractivity contribution in [3.63, 3.8) is 0 Å². The number of rotatable bonds is 5. The second kappa shape index (κ2) is 7.11. The molecule has 2 aromatic carbocycles. The Morgan fingerprint density at radius 3 is 2.52 bits per heavy atom. The van der Waals surface area contributed by atoms with Crippen LogP contribution in [0.25, 0.3) is 10.9 Å². The highest BCUT2D eigenvalue weighted by Gasteiger charge is 2.17. The molecule has 0 aliphatic rings. The number of benzene rings is 2. The van der Waals surface area contributed by atoms with Crippen LogP contribution < -0.4 is 5.32 Å². The summed E-state index contributed by atoms with van der Waals surface area (Å²) in [7, 11) is 4.03. The van der Waals surface area contributed by atoms with Crippen molar-refractivity contribution in [2.75, 3.05) is 20.6 Å². The van der Waals surface area contributed by atoms with E-state index in [4.69, 9.17) is 0 Å². The van der Waals surface area contributed by atoms with Gasteiger partial charge in [0, 0.05) is 28.7 Å². The van der Waals surface area contributed by atoms with Crippen LogP contribution in [0.5, 0.6) is 0 Å². The number of likely N-dealkylation sites (N-methyl/N-ethyl adjacent to an activating group) is 1. The van der Waals surface area contributed by atoms with Crippen molar-refractivity contribution >= 4 is 16.8 Å². The normalized spacial score (nSPS) is 12.5. The molecule has 0 spiro atoms. The molecule has 1 unspecified atom stereocenters. The van der Waals surface area contributed by atoms with E-state index in [0.29, 0.717) is 5.56 Å². The second-order valence-corrected chi connectivity index (χ2v) is 6.83. The summed E-state index contributed by atoms with van der Waals surface area (Å²) >= 11 is 0. The van der Waals surface area contributed by atoms with Gasteiger partial charge in [-0.05, 0) is 57.3 Å². The quantitative estimate of drug-likeness (QED) is 0.745. The number of hydrogen-bond acceptors (Lipinski definition) is 2. The van der Waals surface area contributed by atoms with Gasteiger partial charge in [-0.25, -0.2) is 0 Å². The van der Waals surface area contributed by atoms with Gasteiger partial charge in [0.15, 0.2) is 0 Å². The van der Waals surface area contributed by atoms with Crippen LogP contribution >= 0.6 is 0 Å². The summed E-state index contributed by atoms with van der Waals surface area (Å²) in [6.07, 6.45) is 0. The van der Waals surface area contributed by atoms with Crippen LogP contribution in [-0.4, -0.2) is 36.4 Å². The van der Waals surface area contributed by atoms with Gasteiger partial charge >= 0.3 is 0 Å². The van der Waals surface area contributed by atoms with Crippen molar-refractivity contribution in [2.24, 2.45) is 0 Å². The molecule has 2 N–H and O–H groups in total. The Hall–Kier alpha value is -2.59. The van der Waals surface area contributed by atoms with E-state index in [1.807, 2.05) is 50.5 Å². The molecule has 1 heterocycles. The van der Waals surface area contributed by atoms with E-state index in [9.17, 15) is 4.79 Å². The van der Waals surface area contributed by atoms with Gasteiger partial charge < -0.3 is 15.2 Å². The molecule has 4 nitrogen and oxygen atoms in total. The number of hydrogen-bond donors (Lipinski definition) is 2. The Balaban J connectivity index is 1.87. The number of aromatic amines is 1. The van der Waals surface area contributed by atoms with E-state index in [1.165, 1.54) is 5.56 Å². The Bertz CT molecular complexity index is 881. The first-order valence-electron chi connectivity index (χ1n) is 8.55. The van der Waals surface area contributed by atoms with Crippen LogP contribution in [0.4, 0.5) is 0 Å². The summed E-state index contributed by atoms with van der Waals surface area (Å²) in [5.74, 6) is -0.0455. The molecule has 1 aromatic heterocycles. The maximum absolute atomic E-state index is 12.8. The molecular formula is C21H25N3O. The molecule has 0 fully saturated rings. The summed E-state index contributed by atoms with van der Waals surface area (Å²) in [4.78, 5) is 18.3. The topological polar surface area (TPSA) is 48.1 Å². The highest BCUT2D eigenvalue weighted by molar-refractivity contribution is 5.99. The molecule has 130 valence electrons. The number of aryl methyl sites for hydroxylation is 2. The van der Waals surface area contributed by atoms with E-state index in [0.717, 1.165) is 28.7 Å². The maximum Gasteiger partial charge on any atom is 0.251 e. The Labute approximate surface area is 148 Å². The molecule has 3 aromatic rings. The second-order valence-electron chi connectivity index (χ2n) is 6.83. The van der Waals surface area contributed by atoms with Crippen molar-refractivity contribution in [2.45, 2.75) is 19.9 Å². The summed E-state index contributed by atoms with van der Waals surface area (Å²) in [5.41, 5.74) is 5.20. The third-order valence-electron chi connectivity index (χ3n) is 4.63. The third-order valence-corrected chi connectivity index (χ3v) is 4.63. The number of amides is 1. The van der Waals surface area contributed by atoms with Crippen molar-refractivity contribution < 1.29 is 4.79 Å². The number of carbonyl (C=O) groups is 1. The predicted octanol–water partition coefficient (Wildman–Crippen LogP) is 3.82. The van der Waals surface area contributed by atoms with Crippen molar-refractivity contribution in [3.05, 3.63) is 70.9 Å². The van der Waals surface area contributed by atoms with Gasteiger partial charge in [0.05, 0.1) is 6.04 Å². The zero-order valence-corrected chi connectivity index (χ0v) is 15.3. The largest absolute Gasteiger partial charge is 0.358 e. The SMILES string of the molecule is Cc1[nH]c2ccc(C(=O)NC(CN(C)C)c3ccccc3)cc2c1C. The van der Waals surface area contributed by atoms with Crippen LogP contribution in [0.2, 0.25) is 0 Å². The maximum atomic E-state index is 12.8. The van der Waals surface area contributed by atoms with Gasteiger partial charge in [0.25, 0.3) is 5.91 Å². The zero-order chi connectivity index (χ0) is 18.0. The van der Waals surface area contributed by atoms with Crippen molar-refractivity contribution in [1.82, 2.24) is 15.2 Å². The third kappa shape index (κ3) is 3.74.